The SMILES string of the molecule is CC1OCCC1(C)NS(=O)(=O)C1CCCNC1. The summed E-state index contributed by atoms with van der Waals surface area (Å²) in [5.41, 5.74) is -0.448. The first kappa shape index (κ1) is 13.3. The third-order valence-electron chi connectivity index (χ3n) is 3.95. The van der Waals surface area contributed by atoms with Gasteiger partial charge >= 0.3 is 0 Å². The van der Waals surface area contributed by atoms with Gasteiger partial charge in [-0.3, -0.25) is 0 Å². The van der Waals surface area contributed by atoms with Crippen LogP contribution in [0.25, 0.3) is 0 Å². The molecule has 5 nitrogen and oxygen atoms in total. The van der Waals surface area contributed by atoms with Crippen LogP contribution in [-0.2, 0) is 14.8 Å². The predicted molar refractivity (Wildman–Crippen MR) is 66.4 cm³/mol. The highest BCUT2D eigenvalue weighted by atomic mass is 32.2. The van der Waals surface area contributed by atoms with Crippen molar-refractivity contribution < 1.29 is 13.2 Å². The molecule has 0 saturated carbocycles. The number of sulfonamides is 1. The fraction of sp³-hybridized carbons (Fsp3) is 1.00. The van der Waals surface area contributed by atoms with Crippen molar-refractivity contribution in [1.82, 2.24) is 10.0 Å². The van der Waals surface area contributed by atoms with Crippen molar-refractivity contribution in [3.63, 3.8) is 0 Å². The minimum absolute atomic E-state index is 0.0613. The highest BCUT2D eigenvalue weighted by Crippen LogP contribution is 2.27. The number of hydrogen-bond acceptors (Lipinski definition) is 4. The van der Waals surface area contributed by atoms with Crippen LogP contribution in [0.1, 0.15) is 33.1 Å². The van der Waals surface area contributed by atoms with Gasteiger partial charge in [0.1, 0.15) is 0 Å². The molecule has 0 bridgehead atoms. The Labute approximate surface area is 103 Å². The van der Waals surface area contributed by atoms with Gasteiger partial charge in [-0.1, -0.05) is 0 Å². The smallest absolute Gasteiger partial charge is 0.216 e. The summed E-state index contributed by atoms with van der Waals surface area (Å²) in [7, 11) is -3.25. The fourth-order valence-electron chi connectivity index (χ4n) is 2.46. The second-order valence-electron chi connectivity index (χ2n) is 5.30. The molecule has 100 valence electrons. The lowest BCUT2D eigenvalue weighted by molar-refractivity contribution is 0.0956. The Morgan fingerprint density at radius 3 is 2.76 bits per heavy atom. The van der Waals surface area contributed by atoms with Gasteiger partial charge in [-0.2, -0.15) is 0 Å². The molecule has 0 aromatic heterocycles. The standard InChI is InChI=1S/C11H22N2O3S/c1-9-11(2,5-7-16-9)13-17(14,15)10-4-3-6-12-8-10/h9-10,12-13H,3-8H2,1-2H3. The molecule has 2 aliphatic heterocycles. The van der Waals surface area contributed by atoms with Gasteiger partial charge in [0, 0.05) is 13.2 Å². The average molecular weight is 262 g/mol. The van der Waals surface area contributed by atoms with E-state index in [0.717, 1.165) is 25.8 Å². The van der Waals surface area contributed by atoms with Crippen LogP contribution >= 0.6 is 0 Å². The first-order valence-electron chi connectivity index (χ1n) is 6.29. The largest absolute Gasteiger partial charge is 0.376 e. The molecule has 2 saturated heterocycles. The molecule has 0 amide bonds. The Hall–Kier alpha value is -0.170. The molecule has 2 rings (SSSR count). The van der Waals surface area contributed by atoms with E-state index in [-0.39, 0.29) is 11.4 Å². The van der Waals surface area contributed by atoms with Gasteiger partial charge in [0.2, 0.25) is 10.0 Å². The van der Waals surface area contributed by atoms with Crippen LogP contribution in [0.4, 0.5) is 0 Å². The van der Waals surface area contributed by atoms with E-state index in [1.807, 2.05) is 13.8 Å². The minimum atomic E-state index is -3.25. The number of nitrogens with one attached hydrogen (secondary N) is 2. The van der Waals surface area contributed by atoms with Gasteiger partial charge in [0.05, 0.1) is 16.9 Å². The Morgan fingerprint density at radius 2 is 2.24 bits per heavy atom. The molecule has 0 aliphatic carbocycles. The molecular weight excluding hydrogens is 240 g/mol. The second-order valence-corrected chi connectivity index (χ2v) is 7.26. The summed E-state index contributed by atoms with van der Waals surface area (Å²) in [6, 6.07) is 0. The van der Waals surface area contributed by atoms with Gasteiger partial charge in [0.25, 0.3) is 0 Å². The van der Waals surface area contributed by atoms with Gasteiger partial charge in [0.15, 0.2) is 0 Å². The van der Waals surface area contributed by atoms with Crippen molar-refractivity contribution in [2.24, 2.45) is 0 Å². The molecule has 2 N–H and O–H groups in total. The van der Waals surface area contributed by atoms with E-state index in [2.05, 4.69) is 10.0 Å². The zero-order valence-corrected chi connectivity index (χ0v) is 11.3. The lowest BCUT2D eigenvalue weighted by Crippen LogP contribution is -2.55. The molecule has 17 heavy (non-hydrogen) atoms. The van der Waals surface area contributed by atoms with Gasteiger partial charge in [-0.25, -0.2) is 13.1 Å². The first-order valence-corrected chi connectivity index (χ1v) is 7.84. The molecule has 3 atom stereocenters. The topological polar surface area (TPSA) is 67.4 Å². The van der Waals surface area contributed by atoms with Crippen LogP contribution in [0, 0.1) is 0 Å². The third-order valence-corrected chi connectivity index (χ3v) is 5.98. The van der Waals surface area contributed by atoms with Crippen LogP contribution in [0.15, 0.2) is 0 Å². The van der Waals surface area contributed by atoms with E-state index in [9.17, 15) is 8.42 Å². The molecule has 2 aliphatic rings. The summed E-state index contributed by atoms with van der Waals surface area (Å²) in [4.78, 5) is 0. The molecule has 3 unspecified atom stereocenters. The third kappa shape index (κ3) is 2.81. The van der Waals surface area contributed by atoms with Crippen molar-refractivity contribution in [3.05, 3.63) is 0 Å². The minimum Gasteiger partial charge on any atom is -0.376 e. The van der Waals surface area contributed by atoms with Crippen LogP contribution in [-0.4, -0.2) is 45.0 Å². The number of hydrogen-bond donors (Lipinski definition) is 2. The molecule has 0 spiro atoms. The van der Waals surface area contributed by atoms with Crippen LogP contribution in [0.2, 0.25) is 0 Å². The lowest BCUT2D eigenvalue weighted by Gasteiger charge is -2.32. The normalized spacial score (nSPS) is 39.4. The number of ether oxygens (including phenoxy) is 1. The Morgan fingerprint density at radius 1 is 1.47 bits per heavy atom. The zero-order valence-electron chi connectivity index (χ0n) is 10.5. The van der Waals surface area contributed by atoms with E-state index in [1.165, 1.54) is 0 Å². The van der Waals surface area contributed by atoms with E-state index in [4.69, 9.17) is 4.74 Å². The van der Waals surface area contributed by atoms with E-state index < -0.39 is 15.6 Å². The first-order chi connectivity index (χ1) is 7.94. The quantitative estimate of drug-likeness (QED) is 0.764. The van der Waals surface area contributed by atoms with E-state index in [1.54, 1.807) is 0 Å². The van der Waals surface area contributed by atoms with E-state index >= 15 is 0 Å². The van der Waals surface area contributed by atoms with Crippen molar-refractivity contribution in [1.29, 1.82) is 0 Å². The highest BCUT2D eigenvalue weighted by Gasteiger charge is 2.42. The lowest BCUT2D eigenvalue weighted by atomic mass is 9.97. The second kappa shape index (κ2) is 4.84. The maximum Gasteiger partial charge on any atom is 0.216 e. The molecule has 0 aromatic rings. The summed E-state index contributed by atoms with van der Waals surface area (Å²) in [6.07, 6.45) is 2.35. The van der Waals surface area contributed by atoms with Crippen LogP contribution in [0.3, 0.4) is 0 Å². The van der Waals surface area contributed by atoms with E-state index in [0.29, 0.717) is 13.2 Å². The van der Waals surface area contributed by atoms with Crippen LogP contribution < -0.4 is 10.0 Å². The zero-order chi connectivity index (χ0) is 12.5. The Bertz CT molecular complexity index is 365. The van der Waals surface area contributed by atoms with Crippen LogP contribution in [0.5, 0.6) is 0 Å². The average Bonchev–Trinajstić information content (AvgIpc) is 2.59. The maximum absolute atomic E-state index is 12.3. The highest BCUT2D eigenvalue weighted by molar-refractivity contribution is 7.90. The predicted octanol–water partition coefficient (Wildman–Crippen LogP) is 0.225. The monoisotopic (exact) mass is 262 g/mol. The van der Waals surface area contributed by atoms with Gasteiger partial charge in [-0.15, -0.1) is 0 Å². The fourth-order valence-corrected chi connectivity index (χ4v) is 4.36. The van der Waals surface area contributed by atoms with Gasteiger partial charge in [-0.05, 0) is 39.7 Å². The number of rotatable bonds is 3. The molecule has 0 radical (unpaired) electrons. The van der Waals surface area contributed by atoms with Gasteiger partial charge < -0.3 is 10.1 Å². The molecule has 0 aromatic carbocycles. The number of piperidine rings is 1. The Balaban J connectivity index is 2.06. The summed E-state index contributed by atoms with van der Waals surface area (Å²) in [6.45, 7) is 5.96. The molecular formula is C11H22N2O3S. The van der Waals surface area contributed by atoms with Crippen molar-refractivity contribution in [2.75, 3.05) is 19.7 Å². The molecule has 2 heterocycles. The summed E-state index contributed by atoms with van der Waals surface area (Å²) in [5, 5.41) is 2.83. The van der Waals surface area contributed by atoms with Crippen molar-refractivity contribution >= 4 is 10.0 Å². The summed E-state index contributed by atoms with van der Waals surface area (Å²) < 4.78 is 32.9. The Kier molecular flexibility index (Phi) is 3.77. The maximum atomic E-state index is 12.3. The molecule has 2 fully saturated rings. The van der Waals surface area contributed by atoms with Crippen molar-refractivity contribution in [3.8, 4) is 0 Å². The molecule has 6 heteroatoms. The summed E-state index contributed by atoms with van der Waals surface area (Å²) in [5.74, 6) is 0. The summed E-state index contributed by atoms with van der Waals surface area (Å²) >= 11 is 0. The van der Waals surface area contributed by atoms with Crippen molar-refractivity contribution in [2.45, 2.75) is 50.0 Å².